The van der Waals surface area contributed by atoms with Crippen LogP contribution in [0.1, 0.15) is 76.9 Å². The monoisotopic (exact) mass is 1060 g/mol. The number of H-pyrrole nitrogens is 1. The van der Waals surface area contributed by atoms with Gasteiger partial charge in [0.05, 0.1) is 39.6 Å². The molecule has 0 spiro atoms. The molecule has 2 unspecified atom stereocenters. The van der Waals surface area contributed by atoms with Crippen molar-refractivity contribution in [3.05, 3.63) is 64.8 Å². The second-order valence-electron chi connectivity index (χ2n) is 18.5. The Morgan fingerprint density at radius 1 is 0.932 bits per heavy atom. The standard InChI is InChI=1S/C47H61F2N10O14P/c1-57-16-13-29-6-9-38(59(29)46(67)36(26-57)55-42(63)35-24-27-23-28(5-7-32(27)53-35)47(48,49)74(68,69)70)44(65)54-34(8-11-39(50)60)41(62)52-15-18-72-20-22-73-21-19-71-17-14-51-33-4-2-3-30-31(33)25-58(45(30)66)37-10-12-40(61)56-43(37)64/h2-5,7,23-24,29,34,36-38,51,53H,6,8-22,25-26H2,1H3,(H2,50,60)(H,52,62)(H,54,65)(H,55,63)(H,56,61,64)(H2,68,69,70)/t29-,34?,36+,37?,38+/m1/s1. The third-order valence-electron chi connectivity index (χ3n) is 13.3. The average Bonchev–Trinajstić information content (AvgIpc) is 4.07. The van der Waals surface area contributed by atoms with Crippen molar-refractivity contribution in [3.63, 3.8) is 0 Å². The lowest BCUT2D eigenvalue weighted by Gasteiger charge is -2.37. The number of nitrogens with zero attached hydrogens (tertiary/aromatic N) is 3. The Hall–Kier alpha value is -6.41. The van der Waals surface area contributed by atoms with Crippen molar-refractivity contribution < 1.29 is 75.7 Å². The van der Waals surface area contributed by atoms with Gasteiger partial charge in [-0.25, -0.2) is 0 Å². The summed E-state index contributed by atoms with van der Waals surface area (Å²) in [5.74, 6) is -4.38. The molecule has 5 atom stereocenters. The van der Waals surface area contributed by atoms with E-state index >= 15 is 0 Å². The van der Waals surface area contributed by atoms with Crippen LogP contribution in [0.15, 0.2) is 42.5 Å². The summed E-state index contributed by atoms with van der Waals surface area (Å²) in [6.45, 7) is 2.72. The number of nitrogens with two attached hydrogens (primary N) is 1. The third-order valence-corrected chi connectivity index (χ3v) is 14.3. The summed E-state index contributed by atoms with van der Waals surface area (Å²) in [6, 6.07) is 4.86. The maximum Gasteiger partial charge on any atom is 0.399 e. The summed E-state index contributed by atoms with van der Waals surface area (Å²) in [4.78, 5) is 130. The number of ether oxygens (including phenoxy) is 3. The highest BCUT2D eigenvalue weighted by atomic mass is 31.2. The molecular weight excluding hydrogens is 998 g/mol. The second-order valence-corrected chi connectivity index (χ2v) is 20.1. The molecule has 0 aliphatic carbocycles. The van der Waals surface area contributed by atoms with E-state index in [-0.39, 0.29) is 107 Å². The van der Waals surface area contributed by atoms with E-state index < -0.39 is 84.5 Å². The number of primary amides is 1. The lowest BCUT2D eigenvalue weighted by Crippen LogP contribution is -2.61. The van der Waals surface area contributed by atoms with Crippen molar-refractivity contribution in [2.75, 3.05) is 78.2 Å². The number of amides is 8. The molecule has 8 amide bonds. The molecule has 5 heterocycles. The number of aromatic amines is 1. The lowest BCUT2D eigenvalue weighted by molar-refractivity contribution is -0.144. The van der Waals surface area contributed by atoms with E-state index in [0.29, 0.717) is 44.7 Å². The summed E-state index contributed by atoms with van der Waals surface area (Å²) < 4.78 is 57.1. The molecule has 4 aliphatic heterocycles. The molecule has 3 aromatic rings. The fourth-order valence-electron chi connectivity index (χ4n) is 9.49. The lowest BCUT2D eigenvalue weighted by atomic mass is 10.0. The van der Waals surface area contributed by atoms with Crippen LogP contribution in [0.2, 0.25) is 0 Å². The molecule has 74 heavy (non-hydrogen) atoms. The van der Waals surface area contributed by atoms with Gasteiger partial charge in [0.25, 0.3) is 11.8 Å². The van der Waals surface area contributed by atoms with Gasteiger partial charge < -0.3 is 70.7 Å². The first-order valence-electron chi connectivity index (χ1n) is 24.2. The number of likely N-dealkylation sites (N-methyl/N-ethyl adjacent to an activating group) is 1. The van der Waals surface area contributed by atoms with Crippen LogP contribution in [0.25, 0.3) is 10.9 Å². The number of halogens is 2. The highest BCUT2D eigenvalue weighted by molar-refractivity contribution is 7.52. The molecule has 4 aliphatic rings. The molecule has 0 radical (unpaired) electrons. The fraction of sp³-hybridized carbons (Fsp3) is 0.532. The number of alkyl halides is 2. The Morgan fingerprint density at radius 2 is 1.65 bits per heavy atom. The van der Waals surface area contributed by atoms with Gasteiger partial charge in [-0.3, -0.25) is 48.2 Å². The molecule has 2 aromatic carbocycles. The van der Waals surface area contributed by atoms with Gasteiger partial charge in [0.15, 0.2) is 0 Å². The number of fused-ring (bicyclic) bond motifs is 3. The first-order chi connectivity index (χ1) is 35.2. The predicted octanol–water partition coefficient (Wildman–Crippen LogP) is -0.0222. The molecule has 3 fully saturated rings. The second kappa shape index (κ2) is 24.3. The largest absolute Gasteiger partial charge is 0.399 e. The highest BCUT2D eigenvalue weighted by Gasteiger charge is 2.51. The first kappa shape index (κ1) is 55.3. The number of piperidine rings is 1. The van der Waals surface area contributed by atoms with Crippen molar-refractivity contribution in [1.82, 2.24) is 41.0 Å². The number of carbonyl (C=O) groups is 8. The van der Waals surface area contributed by atoms with Crippen LogP contribution in [0, 0.1) is 0 Å². The van der Waals surface area contributed by atoms with E-state index in [0.717, 1.165) is 29.4 Å². The Kier molecular flexibility index (Phi) is 18.2. The molecular formula is C47H61F2N10O14P. The number of hydrogen-bond acceptors (Lipinski definition) is 14. The summed E-state index contributed by atoms with van der Waals surface area (Å²) in [6.07, 6.45) is 1.30. The van der Waals surface area contributed by atoms with Crippen LogP contribution in [-0.2, 0) is 59.8 Å². The average molecular weight is 1060 g/mol. The van der Waals surface area contributed by atoms with Crippen molar-refractivity contribution in [2.45, 2.75) is 87.4 Å². The van der Waals surface area contributed by atoms with Crippen LogP contribution in [-0.4, -0.2) is 180 Å². The van der Waals surface area contributed by atoms with E-state index in [9.17, 15) is 61.5 Å². The Labute approximate surface area is 423 Å². The van der Waals surface area contributed by atoms with Gasteiger partial charge in [-0.05, 0) is 76.0 Å². The molecule has 27 heteroatoms. The van der Waals surface area contributed by atoms with Gasteiger partial charge in [0.1, 0.15) is 29.9 Å². The van der Waals surface area contributed by atoms with Gasteiger partial charge in [0.2, 0.25) is 35.4 Å². The minimum absolute atomic E-state index is 0.0492. The van der Waals surface area contributed by atoms with Crippen molar-refractivity contribution in [1.29, 1.82) is 0 Å². The fourth-order valence-corrected chi connectivity index (χ4v) is 9.96. The molecule has 0 bridgehead atoms. The van der Waals surface area contributed by atoms with Gasteiger partial charge in [0, 0.05) is 78.3 Å². The summed E-state index contributed by atoms with van der Waals surface area (Å²) in [5, 5.41) is 13.7. The van der Waals surface area contributed by atoms with Crippen molar-refractivity contribution >= 4 is 71.4 Å². The summed E-state index contributed by atoms with van der Waals surface area (Å²) in [7, 11) is -4.09. The molecule has 10 N–H and O–H groups in total. The topological polar surface area (TPSA) is 333 Å². The Balaban J connectivity index is 0.819. The van der Waals surface area contributed by atoms with Crippen molar-refractivity contribution in [2.24, 2.45) is 5.73 Å². The van der Waals surface area contributed by atoms with E-state index in [2.05, 4.69) is 31.6 Å². The number of hydrogen-bond donors (Lipinski definition) is 9. The maximum atomic E-state index is 14.4. The van der Waals surface area contributed by atoms with E-state index in [1.807, 2.05) is 11.0 Å². The zero-order valence-corrected chi connectivity index (χ0v) is 41.5. The van der Waals surface area contributed by atoms with Gasteiger partial charge in [-0.15, -0.1) is 0 Å². The number of nitrogens with one attached hydrogen (secondary N) is 6. The SMILES string of the molecule is CN1CC[C@H]2CC[C@@H](C(=O)NC(CCC(N)=O)C(=O)NCCOCCOCCOCCNc3cccc4c3CN(C3CCC(=O)NC3=O)C4=O)N2C(=O)[C@@H](NC(=O)c2cc3cc(C(F)(F)P(=O)(O)O)ccc3[nH]2)C1. The van der Waals surface area contributed by atoms with Crippen LogP contribution in [0.3, 0.4) is 0 Å². The van der Waals surface area contributed by atoms with Gasteiger partial charge in [-0.2, -0.15) is 8.78 Å². The molecule has 3 saturated heterocycles. The Morgan fingerprint density at radius 3 is 2.35 bits per heavy atom. The number of anilines is 1. The number of carbonyl (C=O) groups excluding carboxylic acids is 8. The zero-order valence-electron chi connectivity index (χ0n) is 40.6. The normalized spacial score (nSPS) is 20.9. The number of imide groups is 1. The first-order valence-corrected chi connectivity index (χ1v) is 25.8. The van der Waals surface area contributed by atoms with E-state index in [4.69, 9.17) is 19.9 Å². The zero-order chi connectivity index (χ0) is 53.3. The van der Waals surface area contributed by atoms with E-state index in [1.165, 1.54) is 15.9 Å². The molecule has 402 valence electrons. The molecule has 7 rings (SSSR count). The van der Waals surface area contributed by atoms with Gasteiger partial charge >= 0.3 is 13.3 Å². The summed E-state index contributed by atoms with van der Waals surface area (Å²) in [5.41, 5.74) is 2.08. The van der Waals surface area contributed by atoms with Crippen LogP contribution >= 0.6 is 7.60 Å². The number of benzene rings is 2. The molecule has 0 saturated carbocycles. The van der Waals surface area contributed by atoms with Crippen molar-refractivity contribution in [3.8, 4) is 0 Å². The Bertz CT molecular complexity index is 2670. The highest BCUT2D eigenvalue weighted by Crippen LogP contribution is 2.59. The van der Waals surface area contributed by atoms with Gasteiger partial charge in [-0.1, -0.05) is 12.1 Å². The quantitative estimate of drug-likeness (QED) is 0.0323. The molecule has 24 nitrogen and oxygen atoms in total. The van der Waals surface area contributed by atoms with Crippen LogP contribution in [0.4, 0.5) is 14.5 Å². The van der Waals surface area contributed by atoms with E-state index in [1.54, 1.807) is 19.2 Å². The predicted molar refractivity (Wildman–Crippen MR) is 258 cm³/mol. The summed E-state index contributed by atoms with van der Waals surface area (Å²) >= 11 is 0. The minimum Gasteiger partial charge on any atom is -0.382 e. The van der Waals surface area contributed by atoms with Crippen LogP contribution in [0.5, 0.6) is 0 Å². The molecule has 1 aromatic heterocycles. The number of aromatic nitrogens is 1. The number of rotatable bonds is 24. The van der Waals surface area contributed by atoms with Crippen LogP contribution < -0.4 is 32.3 Å². The smallest absolute Gasteiger partial charge is 0.382 e. The minimum atomic E-state index is -5.85. The third kappa shape index (κ3) is 13.3. The maximum absolute atomic E-state index is 14.4.